The molecule has 0 unspecified atom stereocenters. The van der Waals surface area contributed by atoms with Crippen molar-refractivity contribution in [3.8, 4) is 0 Å². The van der Waals surface area contributed by atoms with Gasteiger partial charge < -0.3 is 20.9 Å². The number of aromatic nitrogens is 3. The van der Waals surface area contributed by atoms with Gasteiger partial charge in [0.25, 0.3) is 0 Å². The molecule has 0 aliphatic rings. The number of halogens is 1. The van der Waals surface area contributed by atoms with Gasteiger partial charge in [-0.05, 0) is 53.4 Å². The number of carbonyl (C=O) groups is 1. The number of aryl methyl sites for hydroxylation is 2. The number of pyridine rings is 1. The molecule has 0 aliphatic carbocycles. The van der Waals surface area contributed by atoms with Gasteiger partial charge in [-0.3, -0.25) is 0 Å². The Bertz CT molecular complexity index is 1280. The number of unbranched alkanes of at least 4 members (excludes halogenated alkanes) is 2. The van der Waals surface area contributed by atoms with Crippen molar-refractivity contribution >= 4 is 55.4 Å². The molecular weight excluding hydrogens is 480 g/mol. The van der Waals surface area contributed by atoms with Crippen LogP contribution in [-0.2, 0) is 13.0 Å². The molecule has 0 fully saturated rings. The highest BCUT2D eigenvalue weighted by molar-refractivity contribution is 9.10. The lowest BCUT2D eigenvalue weighted by atomic mass is 10.2. The minimum Gasteiger partial charge on any atom is -0.382 e. The fourth-order valence-corrected chi connectivity index (χ4v) is 4.38. The van der Waals surface area contributed by atoms with Crippen LogP contribution in [0.1, 0.15) is 41.3 Å². The number of imidazole rings is 1. The molecule has 0 saturated heterocycles. The normalized spacial score (nSPS) is 11.2. The van der Waals surface area contributed by atoms with Gasteiger partial charge in [0.2, 0.25) is 0 Å². The average Bonchev–Trinajstić information content (AvgIpc) is 3.18. The van der Waals surface area contributed by atoms with Crippen LogP contribution >= 0.6 is 15.9 Å². The van der Waals surface area contributed by atoms with Crippen LogP contribution < -0.4 is 16.4 Å². The number of anilines is 2. The molecule has 4 rings (SSSR count). The summed E-state index contributed by atoms with van der Waals surface area (Å²) < 4.78 is 3.15. The Labute approximate surface area is 204 Å². The maximum absolute atomic E-state index is 12.2. The number of benzene rings is 2. The van der Waals surface area contributed by atoms with Gasteiger partial charge in [0.15, 0.2) is 5.82 Å². The first-order chi connectivity index (χ1) is 16.1. The van der Waals surface area contributed by atoms with E-state index in [1.54, 1.807) is 0 Å². The van der Waals surface area contributed by atoms with Gasteiger partial charge >= 0.3 is 6.03 Å². The molecular formula is C25H33BrN6O. The van der Waals surface area contributed by atoms with Crippen molar-refractivity contribution in [2.45, 2.75) is 45.6 Å². The van der Waals surface area contributed by atoms with Crippen molar-refractivity contribution in [1.82, 2.24) is 19.9 Å². The highest BCUT2D eigenvalue weighted by atomic mass is 79.9. The number of hydrogen-bond acceptors (Lipinski definition) is 4. The first-order valence-electron chi connectivity index (χ1n) is 11.4. The fraction of sp³-hybridized carbons (Fsp3) is 0.320. The van der Waals surface area contributed by atoms with E-state index in [9.17, 15) is 4.79 Å². The molecule has 2 aromatic heterocycles. The SMILES string of the molecule is CCCCc1nc2c(N)nc3ccccc3c2n1CCCCNC(=O)Nc1ccccc1Br.[HH].[HH]. The number of rotatable bonds is 9. The zero-order valence-electron chi connectivity index (χ0n) is 18.8. The molecule has 0 atom stereocenters. The predicted molar refractivity (Wildman–Crippen MR) is 143 cm³/mol. The standard InChI is InChI=1S/C25H29BrN6O.2H2/c1-2-3-14-21-31-22-23(17-10-4-6-12-19(17)29-24(22)27)32(21)16-9-8-15-28-25(33)30-20-13-7-5-11-18(20)26;;/h4-7,10-13H,2-3,8-9,14-16H2,1H3,(H2,27,29)(H2,28,30,33);2*1H. The van der Waals surface area contributed by atoms with E-state index in [0.29, 0.717) is 12.4 Å². The molecule has 0 radical (unpaired) electrons. The zero-order chi connectivity index (χ0) is 23.2. The lowest BCUT2D eigenvalue weighted by Gasteiger charge is -2.12. The van der Waals surface area contributed by atoms with E-state index in [4.69, 9.17) is 10.7 Å². The number of nitrogens with one attached hydrogen (secondary N) is 2. The summed E-state index contributed by atoms with van der Waals surface area (Å²) in [6.07, 6.45) is 4.86. The third-order valence-corrected chi connectivity index (χ3v) is 6.35. The summed E-state index contributed by atoms with van der Waals surface area (Å²) in [6, 6.07) is 15.4. The van der Waals surface area contributed by atoms with Gasteiger partial charge in [0.05, 0.1) is 16.7 Å². The molecule has 0 spiro atoms. The summed E-state index contributed by atoms with van der Waals surface area (Å²) in [7, 11) is 0. The summed E-state index contributed by atoms with van der Waals surface area (Å²) in [5.74, 6) is 1.53. The topological polar surface area (TPSA) is 97.9 Å². The Hall–Kier alpha value is -3.13. The Morgan fingerprint density at radius 2 is 1.88 bits per heavy atom. The van der Waals surface area contributed by atoms with Crippen molar-refractivity contribution in [2.75, 3.05) is 17.6 Å². The Balaban J connectivity index is 0.00000216. The summed E-state index contributed by atoms with van der Waals surface area (Å²) in [5, 5.41) is 6.87. The number of carbonyl (C=O) groups excluding carboxylic acids is 1. The van der Waals surface area contributed by atoms with E-state index in [0.717, 1.165) is 76.6 Å². The van der Waals surface area contributed by atoms with Crippen LogP contribution in [0.15, 0.2) is 53.0 Å². The second kappa shape index (κ2) is 10.7. The number of nitrogens with zero attached hydrogens (tertiary/aromatic N) is 3. The lowest BCUT2D eigenvalue weighted by Crippen LogP contribution is -2.29. The minimum absolute atomic E-state index is 0. The third-order valence-electron chi connectivity index (χ3n) is 5.66. The molecule has 2 heterocycles. The fourth-order valence-electron chi connectivity index (χ4n) is 4.00. The smallest absolute Gasteiger partial charge is 0.319 e. The molecule has 0 saturated carbocycles. The number of amides is 2. The maximum Gasteiger partial charge on any atom is 0.319 e. The van der Waals surface area contributed by atoms with E-state index in [1.165, 1.54) is 0 Å². The molecule has 0 aliphatic heterocycles. The quantitative estimate of drug-likeness (QED) is 0.227. The first kappa shape index (κ1) is 23.0. The molecule has 0 bridgehead atoms. The second-order valence-electron chi connectivity index (χ2n) is 8.06. The Kier molecular flexibility index (Phi) is 7.44. The van der Waals surface area contributed by atoms with Gasteiger partial charge in [0, 0.05) is 32.2 Å². The van der Waals surface area contributed by atoms with Gasteiger partial charge in [-0.15, -0.1) is 0 Å². The summed E-state index contributed by atoms with van der Waals surface area (Å²) in [4.78, 5) is 21.6. The minimum atomic E-state index is -0.205. The number of urea groups is 1. The number of fused-ring (bicyclic) bond motifs is 3. The van der Waals surface area contributed by atoms with Crippen molar-refractivity contribution < 1.29 is 7.65 Å². The summed E-state index contributed by atoms with van der Waals surface area (Å²) in [5.41, 5.74) is 9.75. The van der Waals surface area contributed by atoms with Crippen LogP contribution in [0.2, 0.25) is 0 Å². The van der Waals surface area contributed by atoms with Crippen molar-refractivity contribution in [3.05, 3.63) is 58.8 Å². The van der Waals surface area contributed by atoms with Crippen LogP contribution in [0.4, 0.5) is 16.3 Å². The molecule has 176 valence electrons. The van der Waals surface area contributed by atoms with Crippen LogP contribution in [0, 0.1) is 0 Å². The molecule has 2 aromatic carbocycles. The van der Waals surface area contributed by atoms with E-state index in [1.807, 2.05) is 42.5 Å². The van der Waals surface area contributed by atoms with Crippen LogP contribution in [0.25, 0.3) is 21.9 Å². The van der Waals surface area contributed by atoms with Crippen molar-refractivity contribution in [3.63, 3.8) is 0 Å². The van der Waals surface area contributed by atoms with Crippen LogP contribution in [0.5, 0.6) is 0 Å². The van der Waals surface area contributed by atoms with E-state index in [-0.39, 0.29) is 8.88 Å². The molecule has 4 N–H and O–H groups in total. The molecule has 33 heavy (non-hydrogen) atoms. The molecule has 4 aromatic rings. The van der Waals surface area contributed by atoms with E-state index in [2.05, 4.69) is 49.1 Å². The Morgan fingerprint density at radius 3 is 2.70 bits per heavy atom. The highest BCUT2D eigenvalue weighted by Gasteiger charge is 2.16. The number of nitrogens with two attached hydrogens (primary N) is 1. The van der Waals surface area contributed by atoms with Gasteiger partial charge in [-0.1, -0.05) is 43.7 Å². The molecule has 7 nitrogen and oxygen atoms in total. The van der Waals surface area contributed by atoms with E-state index < -0.39 is 0 Å². The predicted octanol–water partition coefficient (Wildman–Crippen LogP) is 6.37. The number of nitrogen functional groups attached to an aromatic ring is 1. The zero-order valence-corrected chi connectivity index (χ0v) is 20.4. The van der Waals surface area contributed by atoms with Gasteiger partial charge in [-0.2, -0.15) is 0 Å². The van der Waals surface area contributed by atoms with Crippen LogP contribution in [0.3, 0.4) is 0 Å². The largest absolute Gasteiger partial charge is 0.382 e. The first-order valence-corrected chi connectivity index (χ1v) is 12.2. The van der Waals surface area contributed by atoms with Crippen LogP contribution in [-0.4, -0.2) is 27.1 Å². The molecule has 2 amide bonds. The summed E-state index contributed by atoms with van der Waals surface area (Å²) in [6.45, 7) is 3.59. The Morgan fingerprint density at radius 1 is 1.09 bits per heavy atom. The van der Waals surface area contributed by atoms with E-state index >= 15 is 0 Å². The number of para-hydroxylation sites is 2. The lowest BCUT2D eigenvalue weighted by molar-refractivity contribution is 0.252. The highest BCUT2D eigenvalue weighted by Crippen LogP contribution is 2.29. The number of hydrogen-bond donors (Lipinski definition) is 3. The second-order valence-corrected chi connectivity index (χ2v) is 8.92. The monoisotopic (exact) mass is 512 g/mol. The van der Waals surface area contributed by atoms with Gasteiger partial charge in [0.1, 0.15) is 11.3 Å². The third kappa shape index (κ3) is 5.27. The molecule has 8 heteroatoms. The van der Waals surface area contributed by atoms with Gasteiger partial charge in [-0.25, -0.2) is 14.8 Å². The maximum atomic E-state index is 12.2. The average molecular weight is 513 g/mol. The summed E-state index contributed by atoms with van der Waals surface area (Å²) >= 11 is 3.44. The van der Waals surface area contributed by atoms with Crippen molar-refractivity contribution in [2.24, 2.45) is 0 Å². The van der Waals surface area contributed by atoms with Crippen molar-refractivity contribution in [1.29, 1.82) is 0 Å².